The number of rotatable bonds is 4. The van der Waals surface area contributed by atoms with E-state index in [9.17, 15) is 5.11 Å². The van der Waals surface area contributed by atoms with Crippen LogP contribution in [0.1, 0.15) is 11.1 Å². The summed E-state index contributed by atoms with van der Waals surface area (Å²) in [5.41, 5.74) is 10.2. The minimum Gasteiger partial charge on any atom is -0.506 e. The number of phenols is 1. The lowest BCUT2D eigenvalue weighted by Gasteiger charge is -2.11. The molecule has 1 aromatic rings. The van der Waals surface area contributed by atoms with Gasteiger partial charge in [0.2, 0.25) is 0 Å². The molecule has 0 heterocycles. The molecule has 4 nitrogen and oxygen atoms in total. The van der Waals surface area contributed by atoms with Gasteiger partial charge in [0.1, 0.15) is 5.75 Å². The van der Waals surface area contributed by atoms with Crippen LogP contribution >= 0.6 is 15.9 Å². The normalized spacial score (nSPS) is 10.1. The lowest BCUT2D eigenvalue weighted by atomic mass is 10.1. The number of hydrogen-bond acceptors (Lipinski definition) is 4. The first kappa shape index (κ1) is 12.0. The van der Waals surface area contributed by atoms with E-state index in [1.807, 2.05) is 0 Å². The zero-order valence-corrected chi connectivity index (χ0v) is 9.97. The minimum absolute atomic E-state index is 0.159. The summed E-state index contributed by atoms with van der Waals surface area (Å²) in [7, 11) is 1.50. The molecule has 0 fully saturated rings. The van der Waals surface area contributed by atoms with Gasteiger partial charge in [-0.2, -0.15) is 0 Å². The Kier molecular flexibility index (Phi) is 4.14. The summed E-state index contributed by atoms with van der Waals surface area (Å²) in [5, 5.41) is 9.63. The van der Waals surface area contributed by atoms with Crippen LogP contribution in [-0.2, 0) is 11.4 Å². The molecule has 0 spiro atoms. The zero-order valence-electron chi connectivity index (χ0n) is 8.38. The number of benzene rings is 1. The molecule has 0 atom stereocenters. The molecule has 0 bridgehead atoms. The van der Waals surface area contributed by atoms with Gasteiger partial charge in [0.05, 0.1) is 17.3 Å². The van der Waals surface area contributed by atoms with Crippen molar-refractivity contribution in [3.8, 4) is 5.75 Å². The number of hydrogen-bond donors (Lipinski definition) is 3. The van der Waals surface area contributed by atoms with Crippen molar-refractivity contribution in [1.82, 2.24) is 5.48 Å². The fourth-order valence-electron chi connectivity index (χ4n) is 1.17. The highest BCUT2D eigenvalue weighted by Crippen LogP contribution is 2.30. The van der Waals surface area contributed by atoms with Gasteiger partial charge in [0.15, 0.2) is 0 Å². The third-order valence-corrected chi connectivity index (χ3v) is 2.54. The number of halogens is 1. The highest BCUT2D eigenvalue weighted by molar-refractivity contribution is 9.10. The third-order valence-electron chi connectivity index (χ3n) is 1.94. The Bertz CT molecular complexity index is 380. The average Bonchev–Trinajstić information content (AvgIpc) is 2.22. The van der Waals surface area contributed by atoms with Gasteiger partial charge < -0.3 is 10.8 Å². The standard InChI is InChI=1S/C10H13BrN2O2/c1-6(13-15-2)7-3-8(5-12)10(14)9(11)4-7/h3-4,13-14H,1,5,12H2,2H3. The second-order valence-corrected chi connectivity index (χ2v) is 3.81. The van der Waals surface area contributed by atoms with Crippen LogP contribution < -0.4 is 11.2 Å². The van der Waals surface area contributed by atoms with Crippen molar-refractivity contribution >= 4 is 21.6 Å². The monoisotopic (exact) mass is 272 g/mol. The Morgan fingerprint density at radius 1 is 1.67 bits per heavy atom. The summed E-state index contributed by atoms with van der Waals surface area (Å²) in [5.74, 6) is 0.159. The first-order valence-corrected chi connectivity index (χ1v) is 5.09. The van der Waals surface area contributed by atoms with Crippen LogP contribution in [0.25, 0.3) is 5.70 Å². The van der Waals surface area contributed by atoms with Crippen molar-refractivity contribution in [1.29, 1.82) is 0 Å². The molecule has 0 saturated carbocycles. The molecule has 0 saturated heterocycles. The second kappa shape index (κ2) is 5.16. The van der Waals surface area contributed by atoms with Crippen molar-refractivity contribution in [3.63, 3.8) is 0 Å². The lowest BCUT2D eigenvalue weighted by molar-refractivity contribution is 0.137. The number of nitrogens with two attached hydrogens (primary N) is 1. The molecule has 82 valence electrons. The molecule has 0 amide bonds. The summed E-state index contributed by atoms with van der Waals surface area (Å²) >= 11 is 3.24. The summed E-state index contributed by atoms with van der Waals surface area (Å²) in [6.07, 6.45) is 0. The number of phenolic OH excluding ortho intramolecular Hbond substituents is 1. The Balaban J connectivity index is 3.10. The largest absolute Gasteiger partial charge is 0.506 e. The van der Waals surface area contributed by atoms with E-state index in [-0.39, 0.29) is 12.3 Å². The van der Waals surface area contributed by atoms with Crippen molar-refractivity contribution in [2.75, 3.05) is 7.11 Å². The van der Waals surface area contributed by atoms with E-state index in [1.165, 1.54) is 7.11 Å². The molecule has 0 aliphatic rings. The van der Waals surface area contributed by atoms with Crippen LogP contribution in [0, 0.1) is 0 Å². The summed E-state index contributed by atoms with van der Waals surface area (Å²) in [6, 6.07) is 3.50. The molecule has 0 unspecified atom stereocenters. The molecular formula is C10H13BrN2O2. The van der Waals surface area contributed by atoms with Crippen LogP contribution in [0.3, 0.4) is 0 Å². The van der Waals surface area contributed by atoms with E-state index in [1.54, 1.807) is 12.1 Å². The molecule has 0 aliphatic heterocycles. The highest BCUT2D eigenvalue weighted by atomic mass is 79.9. The first-order valence-electron chi connectivity index (χ1n) is 4.30. The van der Waals surface area contributed by atoms with Crippen molar-refractivity contribution < 1.29 is 9.94 Å². The molecule has 15 heavy (non-hydrogen) atoms. The molecule has 5 heteroatoms. The SMILES string of the molecule is C=C(NOC)c1cc(Br)c(O)c(CN)c1. The Morgan fingerprint density at radius 2 is 2.33 bits per heavy atom. The maximum absolute atomic E-state index is 9.63. The van der Waals surface area contributed by atoms with Gasteiger partial charge in [0, 0.05) is 17.7 Å². The van der Waals surface area contributed by atoms with Crippen molar-refractivity contribution in [2.45, 2.75) is 6.54 Å². The predicted octanol–water partition coefficient (Wildman–Crippen LogP) is 1.74. The van der Waals surface area contributed by atoms with E-state index in [0.29, 0.717) is 15.7 Å². The van der Waals surface area contributed by atoms with E-state index < -0.39 is 0 Å². The maximum atomic E-state index is 9.63. The van der Waals surface area contributed by atoms with Crippen molar-refractivity contribution in [3.05, 3.63) is 34.3 Å². The summed E-state index contributed by atoms with van der Waals surface area (Å²) in [4.78, 5) is 4.74. The Morgan fingerprint density at radius 3 is 2.87 bits per heavy atom. The van der Waals surface area contributed by atoms with Crippen LogP contribution in [-0.4, -0.2) is 12.2 Å². The number of aromatic hydroxyl groups is 1. The zero-order chi connectivity index (χ0) is 11.4. The molecule has 1 rings (SSSR count). The molecule has 1 aromatic carbocycles. The fourth-order valence-corrected chi connectivity index (χ4v) is 1.67. The van der Waals surface area contributed by atoms with Gasteiger partial charge in [-0.3, -0.25) is 10.3 Å². The third kappa shape index (κ3) is 2.71. The molecular weight excluding hydrogens is 260 g/mol. The quantitative estimate of drug-likeness (QED) is 0.731. The summed E-state index contributed by atoms with van der Waals surface area (Å²) < 4.78 is 0.583. The van der Waals surface area contributed by atoms with Crippen LogP contribution in [0.15, 0.2) is 23.2 Å². The maximum Gasteiger partial charge on any atom is 0.134 e. The van der Waals surface area contributed by atoms with Crippen molar-refractivity contribution in [2.24, 2.45) is 5.73 Å². The van der Waals surface area contributed by atoms with Gasteiger partial charge in [-0.15, -0.1) is 0 Å². The number of nitrogens with one attached hydrogen (secondary N) is 1. The van der Waals surface area contributed by atoms with Crippen LogP contribution in [0.4, 0.5) is 0 Å². The minimum atomic E-state index is 0.159. The Labute approximate surface area is 96.8 Å². The van der Waals surface area contributed by atoms with E-state index in [0.717, 1.165) is 5.56 Å². The number of hydroxylamine groups is 1. The predicted molar refractivity (Wildman–Crippen MR) is 62.9 cm³/mol. The van der Waals surface area contributed by atoms with Crippen LogP contribution in [0.2, 0.25) is 0 Å². The molecule has 0 radical (unpaired) electrons. The fraction of sp³-hybridized carbons (Fsp3) is 0.200. The van der Waals surface area contributed by atoms with Gasteiger partial charge in [-0.05, 0) is 28.1 Å². The van der Waals surface area contributed by atoms with Gasteiger partial charge in [-0.25, -0.2) is 0 Å². The van der Waals surface area contributed by atoms with Gasteiger partial charge >= 0.3 is 0 Å². The summed E-state index contributed by atoms with van der Waals surface area (Å²) in [6.45, 7) is 4.04. The van der Waals surface area contributed by atoms with E-state index in [2.05, 4.69) is 28.0 Å². The average molecular weight is 273 g/mol. The molecule has 4 N–H and O–H groups in total. The van der Waals surface area contributed by atoms with E-state index >= 15 is 0 Å². The second-order valence-electron chi connectivity index (χ2n) is 2.95. The molecule has 0 aromatic heterocycles. The lowest BCUT2D eigenvalue weighted by Crippen LogP contribution is -2.09. The first-order chi connectivity index (χ1) is 7.10. The van der Waals surface area contributed by atoms with Crippen LogP contribution in [0.5, 0.6) is 5.75 Å². The molecule has 0 aliphatic carbocycles. The van der Waals surface area contributed by atoms with Gasteiger partial charge in [0.25, 0.3) is 0 Å². The van der Waals surface area contributed by atoms with E-state index in [4.69, 9.17) is 10.6 Å². The highest BCUT2D eigenvalue weighted by Gasteiger charge is 2.08. The smallest absolute Gasteiger partial charge is 0.134 e. The topological polar surface area (TPSA) is 67.5 Å². The Hall–Kier alpha value is -1.04. The van der Waals surface area contributed by atoms with Gasteiger partial charge in [-0.1, -0.05) is 6.58 Å².